The Labute approximate surface area is 86.8 Å². The minimum absolute atomic E-state index is 0.455. The zero-order valence-corrected chi connectivity index (χ0v) is 9.53. The van der Waals surface area contributed by atoms with Gasteiger partial charge in [0.2, 0.25) is 0 Å². The predicted molar refractivity (Wildman–Crippen MR) is 56.2 cm³/mol. The predicted octanol–water partition coefficient (Wildman–Crippen LogP) is 0.700. The normalized spacial score (nSPS) is 13.5. The second-order valence-electron chi connectivity index (χ2n) is 3.01. The van der Waals surface area contributed by atoms with Gasteiger partial charge in [-0.25, -0.2) is 0 Å². The first kappa shape index (κ1) is 13.8. The van der Waals surface area contributed by atoms with E-state index < -0.39 is 6.29 Å². The molecule has 0 aliphatic carbocycles. The molecule has 0 saturated heterocycles. The van der Waals surface area contributed by atoms with Gasteiger partial charge in [0.1, 0.15) is 0 Å². The van der Waals surface area contributed by atoms with Gasteiger partial charge in [-0.3, -0.25) is 4.90 Å². The van der Waals surface area contributed by atoms with Gasteiger partial charge in [-0.15, -0.1) is 0 Å². The Morgan fingerprint density at radius 1 is 1.14 bits per heavy atom. The first-order valence-electron chi connectivity index (χ1n) is 5.34. The average molecular weight is 205 g/mol. The Kier molecular flexibility index (Phi) is 9.29. The maximum Gasteiger partial charge on any atom is 0.167 e. The molecule has 0 aromatic rings. The van der Waals surface area contributed by atoms with Gasteiger partial charge in [0.25, 0.3) is 0 Å². The molecule has 14 heavy (non-hydrogen) atoms. The fourth-order valence-corrected chi connectivity index (χ4v) is 1.14. The van der Waals surface area contributed by atoms with E-state index in [1.54, 1.807) is 0 Å². The van der Waals surface area contributed by atoms with E-state index in [4.69, 9.17) is 9.47 Å². The summed E-state index contributed by atoms with van der Waals surface area (Å²) in [5, 5.41) is 9.46. The molecule has 4 heteroatoms. The van der Waals surface area contributed by atoms with Crippen molar-refractivity contribution in [1.29, 1.82) is 0 Å². The van der Waals surface area contributed by atoms with E-state index in [-0.39, 0.29) is 0 Å². The average Bonchev–Trinajstić information content (AvgIpc) is 2.21. The fourth-order valence-electron chi connectivity index (χ4n) is 1.14. The Morgan fingerprint density at radius 2 is 1.79 bits per heavy atom. The van der Waals surface area contributed by atoms with Crippen LogP contribution in [0.25, 0.3) is 0 Å². The minimum Gasteiger partial charge on any atom is -0.379 e. The lowest BCUT2D eigenvalue weighted by molar-refractivity contribution is -0.123. The van der Waals surface area contributed by atoms with Crippen molar-refractivity contribution in [1.82, 2.24) is 4.90 Å². The Hall–Kier alpha value is -0.160. The van der Waals surface area contributed by atoms with Crippen LogP contribution in [0.3, 0.4) is 0 Å². The van der Waals surface area contributed by atoms with Crippen molar-refractivity contribution >= 4 is 0 Å². The van der Waals surface area contributed by atoms with Crippen molar-refractivity contribution in [2.45, 2.75) is 27.1 Å². The molecule has 1 N–H and O–H groups in total. The van der Waals surface area contributed by atoms with Crippen molar-refractivity contribution in [3.8, 4) is 0 Å². The Morgan fingerprint density at radius 3 is 2.29 bits per heavy atom. The molecule has 0 amide bonds. The molecule has 0 spiro atoms. The van der Waals surface area contributed by atoms with Crippen LogP contribution in [0.1, 0.15) is 20.8 Å². The zero-order valence-electron chi connectivity index (χ0n) is 9.53. The summed E-state index contributed by atoms with van der Waals surface area (Å²) >= 11 is 0. The van der Waals surface area contributed by atoms with Crippen LogP contribution in [0.5, 0.6) is 0 Å². The Balaban J connectivity index is 3.38. The van der Waals surface area contributed by atoms with Crippen LogP contribution in [0.15, 0.2) is 0 Å². The quantitative estimate of drug-likeness (QED) is 0.444. The maximum atomic E-state index is 9.46. The van der Waals surface area contributed by atoms with Crippen LogP contribution in [-0.4, -0.2) is 55.8 Å². The summed E-state index contributed by atoms with van der Waals surface area (Å²) in [6.45, 7) is 10.2. The molecule has 0 aromatic carbocycles. The van der Waals surface area contributed by atoms with Crippen molar-refractivity contribution in [3.05, 3.63) is 0 Å². The van der Waals surface area contributed by atoms with Crippen molar-refractivity contribution in [3.63, 3.8) is 0 Å². The second kappa shape index (κ2) is 9.40. The monoisotopic (exact) mass is 205 g/mol. The van der Waals surface area contributed by atoms with Crippen LogP contribution >= 0.6 is 0 Å². The molecule has 1 unspecified atom stereocenters. The van der Waals surface area contributed by atoms with Gasteiger partial charge in [0.15, 0.2) is 6.29 Å². The molecule has 0 aliphatic rings. The first-order chi connectivity index (χ1) is 6.74. The number of aliphatic hydroxyl groups excluding tert-OH is 1. The Bertz CT molecular complexity index is 118. The third-order valence-electron chi connectivity index (χ3n) is 2.05. The van der Waals surface area contributed by atoms with Crippen LogP contribution in [0.2, 0.25) is 0 Å². The molecule has 0 aliphatic heterocycles. The highest BCUT2D eigenvalue weighted by atomic mass is 16.6. The van der Waals surface area contributed by atoms with Gasteiger partial charge in [0.05, 0.1) is 13.2 Å². The molecule has 0 radical (unpaired) electrons. The number of hydrogen-bond acceptors (Lipinski definition) is 4. The molecular weight excluding hydrogens is 182 g/mol. The minimum atomic E-state index is -0.699. The molecular formula is C10H23NO3. The number of rotatable bonds is 9. The van der Waals surface area contributed by atoms with Gasteiger partial charge in [-0.2, -0.15) is 0 Å². The largest absolute Gasteiger partial charge is 0.379 e. The first-order valence-corrected chi connectivity index (χ1v) is 5.34. The van der Waals surface area contributed by atoms with Gasteiger partial charge < -0.3 is 14.6 Å². The molecule has 4 nitrogen and oxygen atoms in total. The summed E-state index contributed by atoms with van der Waals surface area (Å²) in [6, 6.07) is 0. The van der Waals surface area contributed by atoms with Crippen LogP contribution in [0, 0.1) is 0 Å². The van der Waals surface area contributed by atoms with Gasteiger partial charge in [0, 0.05) is 13.2 Å². The van der Waals surface area contributed by atoms with E-state index in [1.807, 2.05) is 6.92 Å². The van der Waals surface area contributed by atoms with Gasteiger partial charge >= 0.3 is 0 Å². The third-order valence-corrected chi connectivity index (χ3v) is 2.05. The zero-order chi connectivity index (χ0) is 10.8. The number of nitrogens with zero attached hydrogens (tertiary/aromatic N) is 1. The molecule has 0 bridgehead atoms. The number of hydrogen-bond donors (Lipinski definition) is 1. The summed E-state index contributed by atoms with van der Waals surface area (Å²) in [6.07, 6.45) is -0.699. The molecule has 0 aromatic heterocycles. The second-order valence-corrected chi connectivity index (χ2v) is 3.01. The SMILES string of the molecule is CCOCCOC(O)CN(CC)CC. The highest BCUT2D eigenvalue weighted by molar-refractivity contribution is 4.53. The summed E-state index contributed by atoms with van der Waals surface area (Å²) < 4.78 is 10.3. The smallest absolute Gasteiger partial charge is 0.167 e. The highest BCUT2D eigenvalue weighted by Crippen LogP contribution is 1.94. The lowest BCUT2D eigenvalue weighted by Crippen LogP contribution is -2.34. The molecule has 86 valence electrons. The lowest BCUT2D eigenvalue weighted by atomic mass is 10.4. The van der Waals surface area contributed by atoms with E-state index in [9.17, 15) is 5.11 Å². The molecule has 0 heterocycles. The van der Waals surface area contributed by atoms with Crippen LogP contribution in [-0.2, 0) is 9.47 Å². The molecule has 0 fully saturated rings. The summed E-state index contributed by atoms with van der Waals surface area (Å²) in [4.78, 5) is 2.12. The number of ether oxygens (including phenoxy) is 2. The summed E-state index contributed by atoms with van der Waals surface area (Å²) in [5.41, 5.74) is 0. The topological polar surface area (TPSA) is 41.9 Å². The number of likely N-dealkylation sites (N-methyl/N-ethyl adjacent to an activating group) is 1. The van der Waals surface area contributed by atoms with E-state index in [0.717, 1.165) is 13.1 Å². The van der Waals surface area contributed by atoms with E-state index in [0.29, 0.717) is 26.4 Å². The third kappa shape index (κ3) is 7.26. The van der Waals surface area contributed by atoms with E-state index in [2.05, 4.69) is 18.7 Å². The van der Waals surface area contributed by atoms with Crippen LogP contribution < -0.4 is 0 Å². The summed E-state index contributed by atoms with van der Waals surface area (Å²) in [7, 11) is 0. The van der Waals surface area contributed by atoms with Crippen molar-refractivity contribution < 1.29 is 14.6 Å². The van der Waals surface area contributed by atoms with Crippen molar-refractivity contribution in [2.24, 2.45) is 0 Å². The van der Waals surface area contributed by atoms with E-state index in [1.165, 1.54) is 0 Å². The summed E-state index contributed by atoms with van der Waals surface area (Å²) in [5.74, 6) is 0. The standard InChI is InChI=1S/C10H23NO3/c1-4-11(5-2)9-10(12)14-8-7-13-6-3/h10,12H,4-9H2,1-3H3. The van der Waals surface area contributed by atoms with Gasteiger partial charge in [-0.05, 0) is 20.0 Å². The molecule has 1 atom stereocenters. The van der Waals surface area contributed by atoms with Gasteiger partial charge in [-0.1, -0.05) is 13.8 Å². The molecule has 0 saturated carbocycles. The maximum absolute atomic E-state index is 9.46. The van der Waals surface area contributed by atoms with Crippen LogP contribution in [0.4, 0.5) is 0 Å². The number of aliphatic hydroxyl groups is 1. The highest BCUT2D eigenvalue weighted by Gasteiger charge is 2.08. The molecule has 0 rings (SSSR count). The fraction of sp³-hybridized carbons (Fsp3) is 1.00. The lowest BCUT2D eigenvalue weighted by Gasteiger charge is -2.21. The van der Waals surface area contributed by atoms with E-state index >= 15 is 0 Å². The van der Waals surface area contributed by atoms with Crippen molar-refractivity contribution in [2.75, 3.05) is 39.5 Å².